The number of piperidine rings is 1. The van der Waals surface area contributed by atoms with Crippen molar-refractivity contribution < 1.29 is 14.3 Å². The minimum Gasteiger partial charge on any atom is -0.444 e. The third kappa shape index (κ3) is 9.19. The van der Waals surface area contributed by atoms with Gasteiger partial charge >= 0.3 is 6.09 Å². The molecule has 166 valence electrons. The van der Waals surface area contributed by atoms with Crippen LogP contribution in [0.25, 0.3) is 0 Å². The monoisotopic (exact) mass is 409 g/mol. The highest BCUT2D eigenvalue weighted by Crippen LogP contribution is 2.20. The van der Waals surface area contributed by atoms with Crippen LogP contribution in [0.4, 0.5) is 4.79 Å². The van der Waals surface area contributed by atoms with Crippen LogP contribution in [0.3, 0.4) is 0 Å². The zero-order valence-electron chi connectivity index (χ0n) is 19.0. The fraction of sp³-hybridized carbons (Fsp3) is 0.762. The average Bonchev–Trinajstić information content (AvgIpc) is 2.65. The lowest BCUT2D eigenvalue weighted by atomic mass is 9.96. The summed E-state index contributed by atoms with van der Waals surface area (Å²) in [6.07, 6.45) is 3.43. The van der Waals surface area contributed by atoms with E-state index in [2.05, 4.69) is 21.8 Å². The van der Waals surface area contributed by atoms with Crippen LogP contribution in [-0.2, 0) is 9.53 Å². The number of amides is 2. The van der Waals surface area contributed by atoms with Crippen molar-refractivity contribution in [3.05, 3.63) is 12.7 Å². The third-order valence-electron chi connectivity index (χ3n) is 4.69. The molecule has 0 unspecified atom stereocenters. The van der Waals surface area contributed by atoms with E-state index in [1.54, 1.807) is 25.1 Å². The van der Waals surface area contributed by atoms with Crippen LogP contribution in [-0.4, -0.2) is 91.6 Å². The number of rotatable bonds is 7. The molecule has 1 heterocycles. The number of hydrogen-bond donors (Lipinski definition) is 1. The van der Waals surface area contributed by atoms with Gasteiger partial charge in [0.1, 0.15) is 12.1 Å². The summed E-state index contributed by atoms with van der Waals surface area (Å²) in [4.78, 5) is 34.2. The maximum absolute atomic E-state index is 12.4. The van der Waals surface area contributed by atoms with E-state index >= 15 is 0 Å². The van der Waals surface area contributed by atoms with Gasteiger partial charge in [-0.15, -0.1) is 6.58 Å². The van der Waals surface area contributed by atoms with E-state index in [0.29, 0.717) is 25.6 Å². The Morgan fingerprint density at radius 3 is 2.38 bits per heavy atom. The van der Waals surface area contributed by atoms with Crippen LogP contribution in [0.1, 0.15) is 40.5 Å². The fourth-order valence-electron chi connectivity index (χ4n) is 3.01. The van der Waals surface area contributed by atoms with E-state index in [9.17, 15) is 9.59 Å². The number of guanidine groups is 1. The Labute approximate surface area is 176 Å². The number of carbonyl (C=O) groups excluding carboxylic acids is 2. The minimum absolute atomic E-state index is 0.0336. The second kappa shape index (κ2) is 11.7. The normalized spacial score (nSPS) is 15.7. The average molecular weight is 410 g/mol. The number of hydrogen-bond acceptors (Lipinski definition) is 4. The van der Waals surface area contributed by atoms with Gasteiger partial charge < -0.3 is 24.8 Å². The first kappa shape index (κ1) is 24.8. The molecule has 8 heteroatoms. The van der Waals surface area contributed by atoms with Crippen LogP contribution in [0, 0.1) is 5.92 Å². The summed E-state index contributed by atoms with van der Waals surface area (Å²) < 4.78 is 5.51. The van der Waals surface area contributed by atoms with Crippen molar-refractivity contribution in [1.82, 2.24) is 20.0 Å². The molecule has 8 nitrogen and oxygen atoms in total. The molecule has 0 aromatic heterocycles. The lowest BCUT2D eigenvalue weighted by molar-refractivity contribution is -0.127. The van der Waals surface area contributed by atoms with Gasteiger partial charge in [-0.3, -0.25) is 4.79 Å². The molecule has 1 aliphatic heterocycles. The smallest absolute Gasteiger partial charge is 0.410 e. The van der Waals surface area contributed by atoms with E-state index in [1.807, 2.05) is 27.7 Å². The molecule has 0 aromatic rings. The molecular weight excluding hydrogens is 370 g/mol. The summed E-state index contributed by atoms with van der Waals surface area (Å²) in [6, 6.07) is 0. The van der Waals surface area contributed by atoms with Crippen LogP contribution in [0.5, 0.6) is 0 Å². The van der Waals surface area contributed by atoms with Gasteiger partial charge in [0.25, 0.3) is 0 Å². The molecule has 0 radical (unpaired) electrons. The Morgan fingerprint density at radius 2 is 1.90 bits per heavy atom. The number of ether oxygens (including phenoxy) is 1. The second-order valence-corrected chi connectivity index (χ2v) is 8.55. The van der Waals surface area contributed by atoms with Gasteiger partial charge in [-0.2, -0.15) is 0 Å². The highest BCUT2D eigenvalue weighted by Gasteiger charge is 2.27. The number of aliphatic imine (C=N–C) groups is 1. The number of nitrogens with one attached hydrogen (secondary N) is 1. The standard InChI is InChI=1S/C21H39N5O3/c1-8-12-22-19(23-15-18(27)24(6)7)26-13-10-17(11-14-26)16-25(9-2)20(28)29-21(3,4)5/h8,17H,1,9-16H2,2-7H3,(H,22,23). The maximum Gasteiger partial charge on any atom is 0.410 e. The highest BCUT2D eigenvalue weighted by atomic mass is 16.6. The number of likely N-dealkylation sites (N-methyl/N-ethyl adjacent to an activating group) is 1. The first-order valence-electron chi connectivity index (χ1n) is 10.4. The molecule has 0 bridgehead atoms. The van der Waals surface area contributed by atoms with E-state index in [-0.39, 0.29) is 18.5 Å². The summed E-state index contributed by atoms with van der Waals surface area (Å²) >= 11 is 0. The van der Waals surface area contributed by atoms with Crippen molar-refractivity contribution in [2.75, 3.05) is 53.4 Å². The first-order chi connectivity index (χ1) is 13.6. The molecule has 1 fully saturated rings. The topological polar surface area (TPSA) is 77.5 Å². The van der Waals surface area contributed by atoms with Gasteiger partial charge in [-0.05, 0) is 46.5 Å². The first-order valence-corrected chi connectivity index (χ1v) is 10.4. The Morgan fingerprint density at radius 1 is 1.28 bits per heavy atom. The van der Waals surface area contributed by atoms with E-state index in [1.165, 1.54) is 4.90 Å². The highest BCUT2D eigenvalue weighted by molar-refractivity contribution is 5.85. The van der Waals surface area contributed by atoms with Crippen molar-refractivity contribution in [2.24, 2.45) is 10.9 Å². The van der Waals surface area contributed by atoms with Gasteiger partial charge in [0.15, 0.2) is 5.96 Å². The summed E-state index contributed by atoms with van der Waals surface area (Å²) in [5, 5.41) is 3.25. The summed E-state index contributed by atoms with van der Waals surface area (Å²) in [6.45, 7) is 15.1. The molecule has 0 aromatic carbocycles. The summed E-state index contributed by atoms with van der Waals surface area (Å²) in [7, 11) is 3.45. The molecule has 1 rings (SSSR count). The molecule has 1 aliphatic rings. The predicted molar refractivity (Wildman–Crippen MR) is 117 cm³/mol. The van der Waals surface area contributed by atoms with Crippen LogP contribution < -0.4 is 5.32 Å². The van der Waals surface area contributed by atoms with Crippen LogP contribution >= 0.6 is 0 Å². The minimum atomic E-state index is -0.486. The quantitative estimate of drug-likeness (QED) is 0.396. The van der Waals surface area contributed by atoms with Crippen molar-refractivity contribution in [2.45, 2.75) is 46.1 Å². The Bertz CT molecular complexity index is 575. The lowest BCUT2D eigenvalue weighted by Gasteiger charge is -2.36. The summed E-state index contributed by atoms with van der Waals surface area (Å²) in [5.74, 6) is 1.12. The third-order valence-corrected chi connectivity index (χ3v) is 4.69. The number of carbonyl (C=O) groups is 2. The molecule has 0 spiro atoms. The molecule has 0 atom stereocenters. The van der Waals surface area contributed by atoms with Crippen molar-refractivity contribution in [1.29, 1.82) is 0 Å². The van der Waals surface area contributed by atoms with Crippen molar-refractivity contribution >= 4 is 18.0 Å². The SMILES string of the molecule is C=CCNC(=NCC(=O)N(C)C)N1CCC(CN(CC)C(=O)OC(C)(C)C)CC1. The van der Waals surface area contributed by atoms with Gasteiger partial charge in [0, 0.05) is 46.8 Å². The fourth-order valence-corrected chi connectivity index (χ4v) is 3.01. The summed E-state index contributed by atoms with van der Waals surface area (Å²) in [5.41, 5.74) is -0.486. The molecular formula is C21H39N5O3. The largest absolute Gasteiger partial charge is 0.444 e. The Hall–Kier alpha value is -2.25. The Kier molecular flexibility index (Phi) is 9.98. The van der Waals surface area contributed by atoms with Crippen LogP contribution in [0.15, 0.2) is 17.6 Å². The molecule has 1 saturated heterocycles. The van der Waals surface area contributed by atoms with E-state index < -0.39 is 5.60 Å². The van der Waals surface area contributed by atoms with Gasteiger partial charge in [-0.25, -0.2) is 9.79 Å². The molecule has 2 amide bonds. The molecule has 0 aliphatic carbocycles. The molecule has 1 N–H and O–H groups in total. The Balaban J connectivity index is 2.64. The number of nitrogens with zero attached hydrogens (tertiary/aromatic N) is 4. The van der Waals surface area contributed by atoms with Crippen LogP contribution in [0.2, 0.25) is 0 Å². The van der Waals surface area contributed by atoms with Gasteiger partial charge in [0.2, 0.25) is 5.91 Å². The van der Waals surface area contributed by atoms with Crippen molar-refractivity contribution in [3.63, 3.8) is 0 Å². The molecule has 0 saturated carbocycles. The lowest BCUT2D eigenvalue weighted by Crippen LogP contribution is -2.48. The van der Waals surface area contributed by atoms with Crippen molar-refractivity contribution in [3.8, 4) is 0 Å². The zero-order chi connectivity index (χ0) is 22.0. The zero-order valence-corrected chi connectivity index (χ0v) is 19.0. The maximum atomic E-state index is 12.4. The van der Waals surface area contributed by atoms with E-state index in [0.717, 1.165) is 31.9 Å². The van der Waals surface area contributed by atoms with Gasteiger partial charge in [-0.1, -0.05) is 6.08 Å². The second-order valence-electron chi connectivity index (χ2n) is 8.55. The van der Waals surface area contributed by atoms with Gasteiger partial charge in [0.05, 0.1) is 0 Å². The van der Waals surface area contributed by atoms with E-state index in [4.69, 9.17) is 4.74 Å². The molecule has 29 heavy (non-hydrogen) atoms. The predicted octanol–water partition coefficient (Wildman–Crippen LogP) is 2.18. The number of likely N-dealkylation sites (tertiary alicyclic amines) is 1.